The molecule has 2 aliphatic rings. The summed E-state index contributed by atoms with van der Waals surface area (Å²) in [6, 6.07) is 1.93. The Morgan fingerprint density at radius 2 is 2.00 bits per heavy atom. The van der Waals surface area contributed by atoms with Gasteiger partial charge >= 0.3 is 0 Å². The number of aromatic nitrogens is 1. The van der Waals surface area contributed by atoms with Crippen LogP contribution in [0.5, 0.6) is 0 Å². The maximum atomic E-state index is 5.88. The van der Waals surface area contributed by atoms with E-state index >= 15 is 0 Å². The molecule has 0 N–H and O–H groups in total. The third kappa shape index (κ3) is 1.80. The molecule has 1 fully saturated rings. The topological polar surface area (TPSA) is 28.5 Å². The molecule has 0 unspecified atom stereocenters. The van der Waals surface area contributed by atoms with Gasteiger partial charge in [0.25, 0.3) is 0 Å². The molecular formula is C12H14ClN3. The number of hydrogen-bond acceptors (Lipinski definition) is 3. The lowest BCUT2D eigenvalue weighted by molar-refractivity contribution is 0.339. The number of halogens is 1. The molecule has 0 bridgehead atoms. The van der Waals surface area contributed by atoms with Crippen LogP contribution in [-0.4, -0.2) is 28.8 Å². The normalized spacial score (nSPS) is 19.6. The van der Waals surface area contributed by atoms with E-state index < -0.39 is 0 Å². The zero-order valence-electron chi connectivity index (χ0n) is 9.12. The smallest absolute Gasteiger partial charge is 0.129 e. The van der Waals surface area contributed by atoms with Crippen LogP contribution < -0.4 is 0 Å². The van der Waals surface area contributed by atoms with Gasteiger partial charge in [-0.15, -0.1) is 0 Å². The van der Waals surface area contributed by atoms with Crippen molar-refractivity contribution in [1.82, 2.24) is 9.88 Å². The Labute approximate surface area is 100 Å². The minimum Gasteiger partial charge on any atom is -0.360 e. The lowest BCUT2D eigenvalue weighted by atomic mass is 10.1. The van der Waals surface area contributed by atoms with Crippen molar-refractivity contribution < 1.29 is 0 Å². The Hall–Kier alpha value is -1.09. The highest BCUT2D eigenvalue weighted by Crippen LogP contribution is 2.29. The highest BCUT2D eigenvalue weighted by Gasteiger charge is 2.21. The number of amidine groups is 1. The van der Waals surface area contributed by atoms with Crippen molar-refractivity contribution in [3.63, 3.8) is 0 Å². The molecule has 0 radical (unpaired) electrons. The summed E-state index contributed by atoms with van der Waals surface area (Å²) < 4.78 is 0. The van der Waals surface area contributed by atoms with Crippen LogP contribution in [0.25, 0.3) is 0 Å². The van der Waals surface area contributed by atoms with Gasteiger partial charge in [0.2, 0.25) is 0 Å². The molecule has 4 heteroatoms. The first-order chi connectivity index (χ1) is 7.83. The van der Waals surface area contributed by atoms with E-state index in [9.17, 15) is 0 Å². The summed E-state index contributed by atoms with van der Waals surface area (Å²) in [5, 5.41) is 0.564. The van der Waals surface area contributed by atoms with E-state index in [0.717, 1.165) is 25.2 Å². The van der Waals surface area contributed by atoms with E-state index in [1.54, 1.807) is 6.20 Å². The Morgan fingerprint density at radius 3 is 2.81 bits per heavy atom. The van der Waals surface area contributed by atoms with E-state index in [1.807, 2.05) is 6.07 Å². The van der Waals surface area contributed by atoms with Crippen LogP contribution in [0.3, 0.4) is 0 Å². The van der Waals surface area contributed by atoms with Gasteiger partial charge in [-0.25, -0.2) is 9.98 Å². The number of fused-ring (bicyclic) bond motifs is 1. The van der Waals surface area contributed by atoms with E-state index in [1.165, 1.54) is 30.7 Å². The van der Waals surface area contributed by atoms with Crippen molar-refractivity contribution in [3.8, 4) is 0 Å². The average molecular weight is 236 g/mol. The molecule has 0 aromatic carbocycles. The van der Waals surface area contributed by atoms with Crippen molar-refractivity contribution in [2.75, 3.05) is 13.1 Å². The van der Waals surface area contributed by atoms with Crippen molar-refractivity contribution >= 4 is 23.1 Å². The molecule has 0 spiro atoms. The van der Waals surface area contributed by atoms with E-state index in [2.05, 4.69) is 14.9 Å². The van der Waals surface area contributed by atoms with E-state index in [-0.39, 0.29) is 0 Å². The number of hydrogen-bond donors (Lipinski definition) is 0. The lowest BCUT2D eigenvalue weighted by Crippen LogP contribution is -2.35. The molecular weight excluding hydrogens is 222 g/mol. The minimum atomic E-state index is 0.564. The summed E-state index contributed by atoms with van der Waals surface area (Å²) in [4.78, 5) is 11.1. The molecule has 1 aromatic heterocycles. The average Bonchev–Trinajstić information content (AvgIpc) is 2.73. The highest BCUT2D eigenvalue weighted by atomic mass is 35.5. The molecule has 16 heavy (non-hydrogen) atoms. The van der Waals surface area contributed by atoms with Crippen molar-refractivity contribution in [3.05, 3.63) is 23.0 Å². The molecule has 2 aliphatic heterocycles. The molecule has 0 atom stereocenters. The Morgan fingerprint density at radius 1 is 1.19 bits per heavy atom. The number of likely N-dealkylation sites (tertiary alicyclic amines) is 1. The van der Waals surface area contributed by atoms with Crippen LogP contribution >= 0.6 is 11.6 Å². The van der Waals surface area contributed by atoms with Gasteiger partial charge < -0.3 is 4.90 Å². The fourth-order valence-electron chi connectivity index (χ4n) is 2.39. The molecule has 3 nitrogen and oxygen atoms in total. The predicted molar refractivity (Wildman–Crippen MR) is 65.5 cm³/mol. The van der Waals surface area contributed by atoms with Crippen LogP contribution in [0.2, 0.25) is 5.15 Å². The summed E-state index contributed by atoms with van der Waals surface area (Å²) in [6.07, 6.45) is 6.61. The molecule has 3 heterocycles. The van der Waals surface area contributed by atoms with Crippen LogP contribution in [-0.2, 0) is 6.42 Å². The number of rotatable bonds is 0. The first-order valence-electron chi connectivity index (χ1n) is 5.80. The zero-order chi connectivity index (χ0) is 11.0. The number of pyridine rings is 1. The lowest BCUT2D eigenvalue weighted by Gasteiger charge is -2.28. The monoisotopic (exact) mass is 235 g/mol. The fraction of sp³-hybridized carbons (Fsp3) is 0.500. The predicted octanol–water partition coefficient (Wildman–Crippen LogP) is 2.81. The van der Waals surface area contributed by atoms with Gasteiger partial charge in [-0.1, -0.05) is 11.6 Å². The van der Waals surface area contributed by atoms with Gasteiger partial charge in [0, 0.05) is 19.5 Å². The molecule has 0 aliphatic carbocycles. The largest absolute Gasteiger partial charge is 0.360 e. The standard InChI is InChI=1S/C12H14ClN3/c13-11-6-9-7-12(15-10(9)8-14-11)16-4-2-1-3-5-16/h6,8H,1-5,7H2. The quantitative estimate of drug-likeness (QED) is 0.647. The zero-order valence-corrected chi connectivity index (χ0v) is 9.87. The first kappa shape index (κ1) is 10.1. The summed E-state index contributed by atoms with van der Waals surface area (Å²) in [6.45, 7) is 2.29. The first-order valence-corrected chi connectivity index (χ1v) is 6.18. The summed E-state index contributed by atoms with van der Waals surface area (Å²) in [7, 11) is 0. The summed E-state index contributed by atoms with van der Waals surface area (Å²) >= 11 is 5.88. The summed E-state index contributed by atoms with van der Waals surface area (Å²) in [5.41, 5.74) is 2.20. The van der Waals surface area contributed by atoms with Crippen molar-refractivity contribution in [2.24, 2.45) is 4.99 Å². The molecule has 1 saturated heterocycles. The molecule has 84 valence electrons. The Kier molecular flexibility index (Phi) is 2.56. The van der Waals surface area contributed by atoms with Gasteiger partial charge in [0.1, 0.15) is 11.0 Å². The molecule has 1 aromatic rings. The number of nitrogens with zero attached hydrogens (tertiary/aromatic N) is 3. The van der Waals surface area contributed by atoms with Crippen LogP contribution in [0.4, 0.5) is 5.69 Å². The minimum absolute atomic E-state index is 0.564. The maximum absolute atomic E-state index is 5.88. The number of piperidine rings is 1. The van der Waals surface area contributed by atoms with Gasteiger partial charge in [-0.05, 0) is 30.9 Å². The van der Waals surface area contributed by atoms with Gasteiger partial charge in [-0.3, -0.25) is 0 Å². The van der Waals surface area contributed by atoms with Gasteiger partial charge in [0.15, 0.2) is 0 Å². The second-order valence-electron chi connectivity index (χ2n) is 4.39. The maximum Gasteiger partial charge on any atom is 0.129 e. The Balaban J connectivity index is 1.82. The van der Waals surface area contributed by atoms with Gasteiger partial charge in [0.05, 0.1) is 11.9 Å². The molecule has 0 amide bonds. The van der Waals surface area contributed by atoms with Crippen molar-refractivity contribution in [2.45, 2.75) is 25.7 Å². The van der Waals surface area contributed by atoms with Crippen molar-refractivity contribution in [1.29, 1.82) is 0 Å². The highest BCUT2D eigenvalue weighted by molar-refractivity contribution is 6.29. The van der Waals surface area contributed by atoms with Gasteiger partial charge in [-0.2, -0.15) is 0 Å². The number of aliphatic imine (C=N–C) groups is 1. The van der Waals surface area contributed by atoms with Crippen LogP contribution in [0.15, 0.2) is 17.3 Å². The Bertz CT molecular complexity index is 436. The fourth-order valence-corrected chi connectivity index (χ4v) is 2.57. The second kappa shape index (κ2) is 4.06. The molecule has 0 saturated carbocycles. The van der Waals surface area contributed by atoms with Crippen LogP contribution in [0.1, 0.15) is 24.8 Å². The third-order valence-corrected chi connectivity index (χ3v) is 3.46. The van der Waals surface area contributed by atoms with E-state index in [4.69, 9.17) is 11.6 Å². The second-order valence-corrected chi connectivity index (χ2v) is 4.78. The summed E-state index contributed by atoms with van der Waals surface area (Å²) in [5.74, 6) is 1.19. The molecule has 3 rings (SSSR count). The van der Waals surface area contributed by atoms with E-state index in [0.29, 0.717) is 5.15 Å². The SMILES string of the molecule is Clc1cc2c(cn1)N=C(N1CCCCC1)C2. The third-order valence-electron chi connectivity index (χ3n) is 3.25. The van der Waals surface area contributed by atoms with Crippen LogP contribution in [0, 0.1) is 0 Å².